The average molecular weight is 356 g/mol. The quantitative estimate of drug-likeness (QED) is 0.513. The van der Waals surface area contributed by atoms with E-state index >= 15 is 0 Å². The van der Waals surface area contributed by atoms with Gasteiger partial charge in [0.2, 0.25) is 0 Å². The predicted octanol–water partition coefficient (Wildman–Crippen LogP) is 5.99. The number of anilines is 3. The van der Waals surface area contributed by atoms with Crippen molar-refractivity contribution in [2.45, 2.75) is 6.18 Å². The third-order valence-corrected chi connectivity index (χ3v) is 3.68. The molecule has 0 atom stereocenters. The molecule has 0 fully saturated rings. The van der Waals surface area contributed by atoms with E-state index in [1.807, 2.05) is 0 Å². The van der Waals surface area contributed by atoms with Gasteiger partial charge in [-0.3, -0.25) is 0 Å². The van der Waals surface area contributed by atoms with Gasteiger partial charge < -0.3 is 11.1 Å². The smallest absolute Gasteiger partial charge is 0.398 e. The molecule has 0 aliphatic heterocycles. The Morgan fingerprint density at radius 3 is 2.14 bits per heavy atom. The highest BCUT2D eigenvalue weighted by Crippen LogP contribution is 2.37. The summed E-state index contributed by atoms with van der Waals surface area (Å²) in [6.07, 6.45) is -4.54. The predicted molar refractivity (Wildman–Crippen MR) is 80.6 cm³/mol. The van der Waals surface area contributed by atoms with Gasteiger partial charge in [-0.05, 0) is 30.3 Å². The molecule has 2 aromatic carbocycles. The zero-order chi connectivity index (χ0) is 15.8. The van der Waals surface area contributed by atoms with Crippen LogP contribution in [0.5, 0.6) is 0 Å². The molecule has 0 aromatic heterocycles. The lowest BCUT2D eigenvalue weighted by atomic mass is 10.1. The summed E-state index contributed by atoms with van der Waals surface area (Å²) in [5.74, 6) is 0. The lowest BCUT2D eigenvalue weighted by Crippen LogP contribution is -2.09. The normalized spacial score (nSPS) is 11.5. The minimum Gasteiger partial charge on any atom is -0.398 e. The maximum Gasteiger partial charge on any atom is 0.418 e. The number of benzene rings is 2. The minimum atomic E-state index is -4.54. The SMILES string of the molecule is Nc1ccc(Nc2cc(Cl)c(Cl)cc2Cl)cc1C(F)(F)F. The second kappa shape index (κ2) is 5.83. The second-order valence-electron chi connectivity index (χ2n) is 4.17. The van der Waals surface area contributed by atoms with Gasteiger partial charge >= 0.3 is 6.18 Å². The number of nitrogen functional groups attached to an aromatic ring is 1. The van der Waals surface area contributed by atoms with Crippen LogP contribution in [0.1, 0.15) is 5.56 Å². The fourth-order valence-electron chi connectivity index (χ4n) is 1.65. The lowest BCUT2D eigenvalue weighted by molar-refractivity contribution is -0.136. The third kappa shape index (κ3) is 3.67. The van der Waals surface area contributed by atoms with Gasteiger partial charge in [0.15, 0.2) is 0 Å². The summed E-state index contributed by atoms with van der Waals surface area (Å²) in [6.45, 7) is 0. The summed E-state index contributed by atoms with van der Waals surface area (Å²) in [5, 5.41) is 3.46. The average Bonchev–Trinajstić information content (AvgIpc) is 2.37. The van der Waals surface area contributed by atoms with E-state index in [0.29, 0.717) is 5.69 Å². The number of halogens is 6. The van der Waals surface area contributed by atoms with E-state index in [4.69, 9.17) is 40.5 Å². The first kappa shape index (κ1) is 16.1. The molecule has 0 amide bonds. The molecule has 21 heavy (non-hydrogen) atoms. The van der Waals surface area contributed by atoms with Crippen LogP contribution in [-0.2, 0) is 6.18 Å². The lowest BCUT2D eigenvalue weighted by Gasteiger charge is -2.14. The Morgan fingerprint density at radius 1 is 0.905 bits per heavy atom. The number of nitrogens with two attached hydrogens (primary N) is 1. The van der Waals surface area contributed by atoms with Crippen molar-refractivity contribution in [3.8, 4) is 0 Å². The van der Waals surface area contributed by atoms with Crippen molar-refractivity contribution in [1.82, 2.24) is 0 Å². The van der Waals surface area contributed by atoms with Crippen LogP contribution in [-0.4, -0.2) is 0 Å². The Labute approximate surface area is 133 Å². The highest BCUT2D eigenvalue weighted by atomic mass is 35.5. The number of hydrogen-bond acceptors (Lipinski definition) is 2. The molecule has 0 aliphatic rings. The molecule has 3 N–H and O–H groups in total. The van der Waals surface area contributed by atoms with Gasteiger partial charge in [0.25, 0.3) is 0 Å². The van der Waals surface area contributed by atoms with Gasteiger partial charge in [-0.2, -0.15) is 13.2 Å². The van der Waals surface area contributed by atoms with Crippen LogP contribution >= 0.6 is 34.8 Å². The molecule has 2 rings (SSSR count). The maximum absolute atomic E-state index is 12.8. The number of alkyl halides is 3. The van der Waals surface area contributed by atoms with Gasteiger partial charge in [0.05, 0.1) is 26.3 Å². The van der Waals surface area contributed by atoms with E-state index in [2.05, 4.69) is 5.32 Å². The molecule has 0 saturated carbocycles. The summed E-state index contributed by atoms with van der Waals surface area (Å²) >= 11 is 17.6. The highest BCUT2D eigenvalue weighted by molar-refractivity contribution is 6.44. The van der Waals surface area contributed by atoms with Gasteiger partial charge in [0, 0.05) is 11.4 Å². The van der Waals surface area contributed by atoms with Crippen molar-refractivity contribution >= 4 is 51.9 Å². The monoisotopic (exact) mass is 354 g/mol. The fourth-order valence-corrected chi connectivity index (χ4v) is 2.25. The van der Waals surface area contributed by atoms with E-state index in [1.54, 1.807) is 0 Å². The van der Waals surface area contributed by atoms with E-state index in [-0.39, 0.29) is 26.4 Å². The van der Waals surface area contributed by atoms with Crippen molar-refractivity contribution in [1.29, 1.82) is 0 Å². The van der Waals surface area contributed by atoms with E-state index in [1.165, 1.54) is 18.2 Å². The zero-order valence-corrected chi connectivity index (χ0v) is 12.5. The molecule has 0 aliphatic carbocycles. The second-order valence-corrected chi connectivity index (χ2v) is 5.39. The number of rotatable bonds is 2. The summed E-state index contributed by atoms with van der Waals surface area (Å²) in [6, 6.07) is 6.29. The number of hydrogen-bond donors (Lipinski definition) is 2. The molecule has 8 heteroatoms. The molecule has 0 spiro atoms. The van der Waals surface area contributed by atoms with Gasteiger partial charge in [-0.25, -0.2) is 0 Å². The Balaban J connectivity index is 2.39. The maximum atomic E-state index is 12.8. The first-order chi connectivity index (χ1) is 9.68. The summed E-state index contributed by atoms with van der Waals surface area (Å²) < 4.78 is 38.4. The Bertz CT molecular complexity index is 687. The van der Waals surface area contributed by atoms with Crippen molar-refractivity contribution in [3.63, 3.8) is 0 Å². The third-order valence-electron chi connectivity index (χ3n) is 2.65. The summed E-state index contributed by atoms with van der Waals surface area (Å²) in [7, 11) is 0. The van der Waals surface area contributed by atoms with Crippen LogP contribution in [0.3, 0.4) is 0 Å². The molecule has 0 heterocycles. The van der Waals surface area contributed by atoms with Crippen LogP contribution in [0.15, 0.2) is 30.3 Å². The molecular formula is C13H8Cl3F3N2. The standard InChI is InChI=1S/C13H8Cl3F3N2/c14-8-4-10(16)12(5-9(8)15)21-6-1-2-11(20)7(3-6)13(17,18)19/h1-5,21H,20H2. The molecule has 2 nitrogen and oxygen atoms in total. The van der Waals surface area contributed by atoms with Crippen molar-refractivity contribution in [2.24, 2.45) is 0 Å². The van der Waals surface area contributed by atoms with Crippen LogP contribution in [0.2, 0.25) is 15.1 Å². The van der Waals surface area contributed by atoms with Crippen LogP contribution in [0, 0.1) is 0 Å². The topological polar surface area (TPSA) is 38.0 Å². The summed E-state index contributed by atoms with van der Waals surface area (Å²) in [4.78, 5) is 0. The Hall–Kier alpha value is -1.30. The molecule has 0 radical (unpaired) electrons. The highest BCUT2D eigenvalue weighted by Gasteiger charge is 2.33. The van der Waals surface area contributed by atoms with Crippen LogP contribution < -0.4 is 11.1 Å². The van der Waals surface area contributed by atoms with E-state index in [9.17, 15) is 13.2 Å². The fraction of sp³-hybridized carbons (Fsp3) is 0.0769. The molecule has 0 unspecified atom stereocenters. The van der Waals surface area contributed by atoms with Gasteiger partial charge in [-0.1, -0.05) is 34.8 Å². The Morgan fingerprint density at radius 2 is 1.52 bits per heavy atom. The molecule has 2 aromatic rings. The van der Waals surface area contributed by atoms with E-state index < -0.39 is 11.7 Å². The number of nitrogens with one attached hydrogen (secondary N) is 1. The molecular weight excluding hydrogens is 348 g/mol. The molecule has 0 saturated heterocycles. The van der Waals surface area contributed by atoms with Crippen molar-refractivity contribution < 1.29 is 13.2 Å². The van der Waals surface area contributed by atoms with Crippen LogP contribution in [0.4, 0.5) is 30.2 Å². The van der Waals surface area contributed by atoms with Gasteiger partial charge in [0.1, 0.15) is 0 Å². The van der Waals surface area contributed by atoms with Crippen molar-refractivity contribution in [3.05, 3.63) is 51.0 Å². The Kier molecular flexibility index (Phi) is 4.46. The minimum absolute atomic E-state index is 0.178. The molecule has 112 valence electrons. The largest absolute Gasteiger partial charge is 0.418 e. The van der Waals surface area contributed by atoms with Crippen LogP contribution in [0.25, 0.3) is 0 Å². The van der Waals surface area contributed by atoms with Gasteiger partial charge in [-0.15, -0.1) is 0 Å². The van der Waals surface area contributed by atoms with Crippen molar-refractivity contribution in [2.75, 3.05) is 11.1 Å². The zero-order valence-electron chi connectivity index (χ0n) is 10.2. The first-order valence-electron chi connectivity index (χ1n) is 5.57. The first-order valence-corrected chi connectivity index (χ1v) is 6.70. The summed E-state index contributed by atoms with van der Waals surface area (Å²) in [5.41, 5.74) is 4.56. The molecule has 0 bridgehead atoms. The van der Waals surface area contributed by atoms with E-state index in [0.717, 1.165) is 12.1 Å².